The van der Waals surface area contributed by atoms with E-state index in [9.17, 15) is 4.79 Å². The molecule has 1 aromatic heterocycles. The zero-order chi connectivity index (χ0) is 28.1. The molecule has 1 fully saturated rings. The van der Waals surface area contributed by atoms with Crippen LogP contribution >= 0.6 is 23.2 Å². The molecular formula is C31H31Cl2N3O4. The Morgan fingerprint density at radius 3 is 2.52 bits per heavy atom. The lowest BCUT2D eigenvalue weighted by Gasteiger charge is -2.36. The van der Waals surface area contributed by atoms with Gasteiger partial charge in [0.25, 0.3) is 5.91 Å². The molecule has 0 saturated carbocycles. The average molecular weight is 581 g/mol. The van der Waals surface area contributed by atoms with E-state index in [4.69, 9.17) is 37.2 Å². The van der Waals surface area contributed by atoms with Crippen molar-refractivity contribution in [2.45, 2.75) is 19.6 Å². The summed E-state index contributed by atoms with van der Waals surface area (Å²) < 4.78 is 17.3. The Bertz CT molecular complexity index is 1470. The summed E-state index contributed by atoms with van der Waals surface area (Å²) in [6.07, 6.45) is -0.191. The maximum Gasteiger partial charge on any atom is 0.259 e. The predicted octanol–water partition coefficient (Wildman–Crippen LogP) is 6.68. The van der Waals surface area contributed by atoms with Gasteiger partial charge >= 0.3 is 0 Å². The molecule has 208 valence electrons. The van der Waals surface area contributed by atoms with Crippen LogP contribution in [0.15, 0.2) is 77.3 Å². The number of hydrogen-bond donors (Lipinski definition) is 0. The standard InChI is InChI=1S/C31H31Cl2N3O4/c1-21-29(30(34-40-21)26-11-3-4-12-27(26)33)31(37)36-15-13-35(14-16-36)19-28(23-8-6-10-25(18-23)38-2)39-20-22-7-5-9-24(32)17-22/h3-12,17-18,28H,13-16,19-20H2,1-2H3/t28-/m0/s1. The fourth-order valence-electron chi connectivity index (χ4n) is 4.91. The van der Waals surface area contributed by atoms with E-state index in [1.807, 2.05) is 65.6 Å². The lowest BCUT2D eigenvalue weighted by atomic mass is 10.0. The summed E-state index contributed by atoms with van der Waals surface area (Å²) in [6.45, 7) is 5.42. The molecule has 2 heterocycles. The molecule has 1 aliphatic heterocycles. The van der Waals surface area contributed by atoms with Crippen molar-refractivity contribution in [1.82, 2.24) is 15.0 Å². The van der Waals surface area contributed by atoms with Crippen LogP contribution in [-0.4, -0.2) is 60.7 Å². The highest BCUT2D eigenvalue weighted by Gasteiger charge is 2.30. The summed E-state index contributed by atoms with van der Waals surface area (Å²) >= 11 is 12.6. The third kappa shape index (κ3) is 6.50. The summed E-state index contributed by atoms with van der Waals surface area (Å²) in [5.41, 5.74) is 3.66. The Morgan fingerprint density at radius 1 is 1.00 bits per heavy atom. The number of aromatic nitrogens is 1. The number of methoxy groups -OCH3 is 1. The summed E-state index contributed by atoms with van der Waals surface area (Å²) in [5, 5.41) is 5.37. The van der Waals surface area contributed by atoms with Crippen LogP contribution in [-0.2, 0) is 11.3 Å². The highest BCUT2D eigenvalue weighted by molar-refractivity contribution is 6.33. The summed E-state index contributed by atoms with van der Waals surface area (Å²) in [7, 11) is 1.66. The minimum atomic E-state index is -0.191. The molecule has 0 radical (unpaired) electrons. The summed E-state index contributed by atoms with van der Waals surface area (Å²) in [5.74, 6) is 1.16. The first-order valence-electron chi connectivity index (χ1n) is 13.2. The Kier molecular flexibility index (Phi) is 9.07. The Hall–Kier alpha value is -3.36. The molecule has 0 spiro atoms. The SMILES string of the molecule is COc1cccc([C@H](CN2CCN(C(=O)c3c(-c4ccccc4Cl)noc3C)CC2)OCc2cccc(Cl)c2)c1. The van der Waals surface area contributed by atoms with Gasteiger partial charge in [0.1, 0.15) is 22.8 Å². The minimum Gasteiger partial charge on any atom is -0.497 e. The molecule has 0 aliphatic carbocycles. The average Bonchev–Trinajstić information content (AvgIpc) is 3.36. The van der Waals surface area contributed by atoms with Crippen LogP contribution in [0.2, 0.25) is 10.0 Å². The highest BCUT2D eigenvalue weighted by atomic mass is 35.5. The van der Waals surface area contributed by atoms with Crippen molar-refractivity contribution in [2.24, 2.45) is 0 Å². The lowest BCUT2D eigenvalue weighted by Crippen LogP contribution is -2.49. The number of carbonyl (C=O) groups is 1. The number of aryl methyl sites for hydroxylation is 1. The molecule has 1 atom stereocenters. The van der Waals surface area contributed by atoms with Crippen molar-refractivity contribution in [3.8, 4) is 17.0 Å². The van der Waals surface area contributed by atoms with E-state index in [1.54, 1.807) is 20.1 Å². The molecule has 7 nitrogen and oxygen atoms in total. The second kappa shape index (κ2) is 12.9. The van der Waals surface area contributed by atoms with E-state index < -0.39 is 0 Å². The molecule has 9 heteroatoms. The van der Waals surface area contributed by atoms with Crippen LogP contribution in [0.3, 0.4) is 0 Å². The fourth-order valence-corrected chi connectivity index (χ4v) is 5.35. The number of carbonyl (C=O) groups excluding carboxylic acids is 1. The molecule has 40 heavy (non-hydrogen) atoms. The quantitative estimate of drug-likeness (QED) is 0.220. The van der Waals surface area contributed by atoms with Crippen LogP contribution in [0.1, 0.15) is 33.3 Å². The van der Waals surface area contributed by atoms with Gasteiger partial charge in [0, 0.05) is 43.3 Å². The summed E-state index contributed by atoms with van der Waals surface area (Å²) in [4.78, 5) is 17.8. The van der Waals surface area contributed by atoms with Crippen LogP contribution in [0.5, 0.6) is 5.75 Å². The first kappa shape index (κ1) is 28.2. The van der Waals surface area contributed by atoms with Crippen LogP contribution in [0.25, 0.3) is 11.3 Å². The second-order valence-electron chi connectivity index (χ2n) is 9.74. The topological polar surface area (TPSA) is 68.0 Å². The largest absolute Gasteiger partial charge is 0.497 e. The zero-order valence-electron chi connectivity index (χ0n) is 22.5. The Morgan fingerprint density at radius 2 is 1.77 bits per heavy atom. The van der Waals surface area contributed by atoms with Crippen molar-refractivity contribution >= 4 is 29.1 Å². The number of amides is 1. The molecule has 1 amide bonds. The van der Waals surface area contributed by atoms with Crippen molar-refractivity contribution in [3.63, 3.8) is 0 Å². The highest BCUT2D eigenvalue weighted by Crippen LogP contribution is 2.32. The summed E-state index contributed by atoms with van der Waals surface area (Å²) in [6, 6.07) is 23.0. The van der Waals surface area contributed by atoms with Gasteiger partial charge in [0.2, 0.25) is 0 Å². The molecule has 1 saturated heterocycles. The van der Waals surface area contributed by atoms with E-state index in [0.717, 1.165) is 16.9 Å². The first-order chi connectivity index (χ1) is 19.4. The minimum absolute atomic E-state index is 0.102. The number of halogens is 2. The first-order valence-corrected chi connectivity index (χ1v) is 13.9. The monoisotopic (exact) mass is 579 g/mol. The number of hydrogen-bond acceptors (Lipinski definition) is 6. The van der Waals surface area contributed by atoms with Gasteiger partial charge in [0.05, 0.1) is 24.8 Å². The molecule has 0 unspecified atom stereocenters. The molecule has 0 N–H and O–H groups in total. The van der Waals surface area contributed by atoms with Crippen molar-refractivity contribution in [3.05, 3.63) is 105 Å². The molecule has 3 aromatic carbocycles. The molecule has 1 aliphatic rings. The van der Waals surface area contributed by atoms with Crippen LogP contribution < -0.4 is 4.74 Å². The lowest BCUT2D eigenvalue weighted by molar-refractivity contribution is 0.00333. The van der Waals surface area contributed by atoms with Gasteiger partial charge in [-0.1, -0.05) is 70.8 Å². The van der Waals surface area contributed by atoms with Gasteiger partial charge in [0.15, 0.2) is 0 Å². The van der Waals surface area contributed by atoms with E-state index in [2.05, 4.69) is 16.1 Å². The molecule has 4 aromatic rings. The van der Waals surface area contributed by atoms with Gasteiger partial charge in [-0.15, -0.1) is 0 Å². The van der Waals surface area contributed by atoms with E-state index in [1.165, 1.54) is 0 Å². The van der Waals surface area contributed by atoms with Crippen molar-refractivity contribution in [1.29, 1.82) is 0 Å². The van der Waals surface area contributed by atoms with Gasteiger partial charge in [-0.25, -0.2) is 0 Å². The molecule has 0 bridgehead atoms. The maximum atomic E-state index is 13.6. The van der Waals surface area contributed by atoms with Gasteiger partial charge in [-0.2, -0.15) is 0 Å². The van der Waals surface area contributed by atoms with Crippen molar-refractivity contribution < 1.29 is 18.8 Å². The number of ether oxygens (including phenoxy) is 2. The molecule has 5 rings (SSSR count). The van der Waals surface area contributed by atoms with Crippen LogP contribution in [0, 0.1) is 6.92 Å². The van der Waals surface area contributed by atoms with Gasteiger partial charge in [-0.3, -0.25) is 9.69 Å². The van der Waals surface area contributed by atoms with E-state index in [0.29, 0.717) is 72.0 Å². The van der Waals surface area contributed by atoms with E-state index >= 15 is 0 Å². The fraction of sp³-hybridized carbons (Fsp3) is 0.290. The van der Waals surface area contributed by atoms with Gasteiger partial charge in [-0.05, 0) is 48.4 Å². The third-order valence-electron chi connectivity index (χ3n) is 7.09. The van der Waals surface area contributed by atoms with E-state index in [-0.39, 0.29) is 12.0 Å². The Labute approximate surface area is 244 Å². The normalized spacial score (nSPS) is 14.8. The Balaban J connectivity index is 1.27. The number of piperazine rings is 1. The molecular weight excluding hydrogens is 549 g/mol. The second-order valence-corrected chi connectivity index (χ2v) is 10.6. The third-order valence-corrected chi connectivity index (χ3v) is 7.66. The van der Waals surface area contributed by atoms with Crippen molar-refractivity contribution in [2.75, 3.05) is 39.8 Å². The number of benzene rings is 3. The smallest absolute Gasteiger partial charge is 0.259 e. The zero-order valence-corrected chi connectivity index (χ0v) is 24.0. The van der Waals surface area contributed by atoms with Gasteiger partial charge < -0.3 is 18.9 Å². The number of nitrogens with zero attached hydrogens (tertiary/aromatic N) is 3. The van der Waals surface area contributed by atoms with Crippen LogP contribution in [0.4, 0.5) is 0 Å². The maximum absolute atomic E-state index is 13.6. The number of rotatable bonds is 9. The predicted molar refractivity (Wildman–Crippen MR) is 156 cm³/mol.